The van der Waals surface area contributed by atoms with Crippen molar-refractivity contribution in [2.24, 2.45) is 5.92 Å². The molecule has 0 aromatic heterocycles. The number of carbonyl (C=O) groups excluding carboxylic acids is 1. The molecular formula is C16H24N2O3. The Morgan fingerprint density at radius 3 is 2.76 bits per heavy atom. The van der Waals surface area contributed by atoms with Crippen molar-refractivity contribution in [3.8, 4) is 11.5 Å². The molecule has 1 heterocycles. The Kier molecular flexibility index (Phi) is 5.72. The Morgan fingerprint density at radius 1 is 1.33 bits per heavy atom. The van der Waals surface area contributed by atoms with Gasteiger partial charge in [-0.05, 0) is 30.9 Å². The zero-order chi connectivity index (χ0) is 15.1. The van der Waals surface area contributed by atoms with Crippen LogP contribution in [0.4, 0.5) is 4.79 Å². The van der Waals surface area contributed by atoms with E-state index < -0.39 is 0 Å². The van der Waals surface area contributed by atoms with Gasteiger partial charge in [-0.3, -0.25) is 0 Å². The van der Waals surface area contributed by atoms with Gasteiger partial charge in [0.1, 0.15) is 18.1 Å². The van der Waals surface area contributed by atoms with Crippen LogP contribution in [0.1, 0.15) is 19.8 Å². The van der Waals surface area contributed by atoms with Crippen molar-refractivity contribution in [1.29, 1.82) is 0 Å². The topological polar surface area (TPSA) is 50.8 Å². The number of rotatable bonds is 5. The minimum absolute atomic E-state index is 0.0103. The van der Waals surface area contributed by atoms with Crippen molar-refractivity contribution in [2.45, 2.75) is 19.8 Å². The molecule has 0 radical (unpaired) electrons. The number of carbonyl (C=O) groups is 1. The van der Waals surface area contributed by atoms with Crippen molar-refractivity contribution in [2.75, 3.05) is 33.4 Å². The van der Waals surface area contributed by atoms with Crippen LogP contribution >= 0.6 is 0 Å². The van der Waals surface area contributed by atoms with Gasteiger partial charge in [-0.1, -0.05) is 13.0 Å². The molecule has 1 fully saturated rings. The number of nitrogens with one attached hydrogen (secondary N) is 1. The predicted octanol–water partition coefficient (Wildman–Crippen LogP) is 2.52. The van der Waals surface area contributed by atoms with Crippen LogP contribution in [0.5, 0.6) is 11.5 Å². The standard InChI is InChI=1S/C16H24N2O3/c1-13-6-9-18(10-7-13)16(19)17-8-11-21-15-5-3-4-14(12-15)20-2/h3-5,12-13H,6-11H2,1-2H3,(H,17,19). The molecule has 2 rings (SSSR count). The van der Waals surface area contributed by atoms with Gasteiger partial charge < -0.3 is 19.7 Å². The molecule has 1 aromatic rings. The molecule has 5 heteroatoms. The molecule has 21 heavy (non-hydrogen) atoms. The molecule has 5 nitrogen and oxygen atoms in total. The Labute approximate surface area is 126 Å². The second-order valence-corrected chi connectivity index (χ2v) is 5.43. The van der Waals surface area contributed by atoms with Crippen LogP contribution in [0.25, 0.3) is 0 Å². The predicted molar refractivity (Wildman–Crippen MR) is 81.9 cm³/mol. The molecule has 1 aliphatic heterocycles. The van der Waals surface area contributed by atoms with E-state index in [2.05, 4.69) is 12.2 Å². The summed E-state index contributed by atoms with van der Waals surface area (Å²) in [6.07, 6.45) is 2.18. The van der Waals surface area contributed by atoms with Crippen molar-refractivity contribution in [3.05, 3.63) is 24.3 Å². The van der Waals surface area contributed by atoms with E-state index in [1.807, 2.05) is 29.2 Å². The Morgan fingerprint density at radius 2 is 2.05 bits per heavy atom. The molecule has 0 unspecified atom stereocenters. The lowest BCUT2D eigenvalue weighted by molar-refractivity contribution is 0.172. The summed E-state index contributed by atoms with van der Waals surface area (Å²) in [5.74, 6) is 2.24. The summed E-state index contributed by atoms with van der Waals surface area (Å²) in [5.41, 5.74) is 0. The van der Waals surface area contributed by atoms with Gasteiger partial charge in [0.25, 0.3) is 0 Å². The first-order valence-electron chi connectivity index (χ1n) is 7.48. The summed E-state index contributed by atoms with van der Waals surface area (Å²) in [4.78, 5) is 13.8. The van der Waals surface area contributed by atoms with Gasteiger partial charge in [0.05, 0.1) is 13.7 Å². The van der Waals surface area contributed by atoms with E-state index in [9.17, 15) is 4.79 Å². The lowest BCUT2D eigenvalue weighted by atomic mass is 10.00. The second-order valence-electron chi connectivity index (χ2n) is 5.43. The number of amides is 2. The molecule has 1 saturated heterocycles. The van der Waals surface area contributed by atoms with Gasteiger partial charge in [-0.25, -0.2) is 4.79 Å². The Hall–Kier alpha value is -1.91. The lowest BCUT2D eigenvalue weighted by Crippen LogP contribution is -2.45. The largest absolute Gasteiger partial charge is 0.497 e. The van der Waals surface area contributed by atoms with Crippen LogP contribution < -0.4 is 14.8 Å². The average Bonchev–Trinajstić information content (AvgIpc) is 2.52. The van der Waals surface area contributed by atoms with E-state index in [1.165, 1.54) is 0 Å². The summed E-state index contributed by atoms with van der Waals surface area (Å²) in [6, 6.07) is 7.45. The van der Waals surface area contributed by atoms with E-state index in [4.69, 9.17) is 9.47 Å². The van der Waals surface area contributed by atoms with E-state index >= 15 is 0 Å². The van der Waals surface area contributed by atoms with E-state index in [1.54, 1.807) is 7.11 Å². The smallest absolute Gasteiger partial charge is 0.317 e. The van der Waals surface area contributed by atoms with Crippen LogP contribution in [0.2, 0.25) is 0 Å². The Balaban J connectivity index is 1.66. The fraction of sp³-hybridized carbons (Fsp3) is 0.562. The summed E-state index contributed by atoms with van der Waals surface area (Å²) in [7, 11) is 1.62. The van der Waals surface area contributed by atoms with Crippen molar-refractivity contribution in [1.82, 2.24) is 10.2 Å². The first-order valence-corrected chi connectivity index (χ1v) is 7.48. The number of hydrogen-bond acceptors (Lipinski definition) is 3. The first-order chi connectivity index (χ1) is 10.2. The highest BCUT2D eigenvalue weighted by molar-refractivity contribution is 5.74. The molecule has 0 bridgehead atoms. The number of hydrogen-bond donors (Lipinski definition) is 1. The molecule has 1 N–H and O–H groups in total. The number of benzene rings is 1. The molecule has 0 aliphatic carbocycles. The van der Waals surface area contributed by atoms with Crippen LogP contribution in [-0.4, -0.2) is 44.3 Å². The third-order valence-electron chi connectivity index (χ3n) is 3.76. The average molecular weight is 292 g/mol. The maximum Gasteiger partial charge on any atom is 0.317 e. The monoisotopic (exact) mass is 292 g/mol. The molecule has 0 spiro atoms. The zero-order valence-electron chi connectivity index (χ0n) is 12.8. The zero-order valence-corrected chi connectivity index (χ0v) is 12.8. The van der Waals surface area contributed by atoms with Gasteiger partial charge in [0.15, 0.2) is 0 Å². The van der Waals surface area contributed by atoms with Gasteiger partial charge >= 0.3 is 6.03 Å². The lowest BCUT2D eigenvalue weighted by Gasteiger charge is -2.30. The van der Waals surface area contributed by atoms with Crippen molar-refractivity contribution >= 4 is 6.03 Å². The maximum atomic E-state index is 12.0. The molecule has 0 saturated carbocycles. The second kappa shape index (κ2) is 7.76. The SMILES string of the molecule is COc1cccc(OCCNC(=O)N2CCC(C)CC2)c1. The molecule has 1 aliphatic rings. The van der Waals surface area contributed by atoms with Gasteiger partial charge in [-0.2, -0.15) is 0 Å². The van der Waals surface area contributed by atoms with Crippen LogP contribution in [0.15, 0.2) is 24.3 Å². The van der Waals surface area contributed by atoms with Crippen LogP contribution in [0, 0.1) is 5.92 Å². The summed E-state index contributed by atoms with van der Waals surface area (Å²) in [5, 5.41) is 2.90. The van der Waals surface area contributed by atoms with Crippen molar-refractivity contribution < 1.29 is 14.3 Å². The Bertz CT molecular complexity index is 457. The fourth-order valence-corrected chi connectivity index (χ4v) is 2.34. The van der Waals surface area contributed by atoms with Crippen LogP contribution in [-0.2, 0) is 0 Å². The molecule has 2 amide bonds. The summed E-state index contributed by atoms with van der Waals surface area (Å²) in [6.45, 7) is 4.88. The normalized spacial score (nSPS) is 15.6. The highest BCUT2D eigenvalue weighted by Crippen LogP contribution is 2.18. The minimum Gasteiger partial charge on any atom is -0.497 e. The number of likely N-dealkylation sites (tertiary alicyclic amines) is 1. The van der Waals surface area contributed by atoms with Gasteiger partial charge in [-0.15, -0.1) is 0 Å². The third kappa shape index (κ3) is 4.85. The molecule has 116 valence electrons. The molecule has 1 aromatic carbocycles. The molecular weight excluding hydrogens is 268 g/mol. The minimum atomic E-state index is 0.0103. The highest BCUT2D eigenvalue weighted by atomic mass is 16.5. The van der Waals surface area contributed by atoms with E-state index in [-0.39, 0.29) is 6.03 Å². The van der Waals surface area contributed by atoms with Crippen LogP contribution in [0.3, 0.4) is 0 Å². The van der Waals surface area contributed by atoms with E-state index in [0.717, 1.165) is 43.3 Å². The van der Waals surface area contributed by atoms with E-state index in [0.29, 0.717) is 13.2 Å². The number of piperidine rings is 1. The molecule has 0 atom stereocenters. The quantitative estimate of drug-likeness (QED) is 0.848. The fourth-order valence-electron chi connectivity index (χ4n) is 2.34. The summed E-state index contributed by atoms with van der Waals surface area (Å²) >= 11 is 0. The summed E-state index contributed by atoms with van der Waals surface area (Å²) < 4.78 is 10.7. The number of ether oxygens (including phenoxy) is 2. The highest BCUT2D eigenvalue weighted by Gasteiger charge is 2.19. The first kappa shape index (κ1) is 15.5. The van der Waals surface area contributed by atoms with Crippen molar-refractivity contribution in [3.63, 3.8) is 0 Å². The maximum absolute atomic E-state index is 12.0. The van der Waals surface area contributed by atoms with Gasteiger partial charge in [0, 0.05) is 19.2 Å². The number of urea groups is 1. The third-order valence-corrected chi connectivity index (χ3v) is 3.76. The van der Waals surface area contributed by atoms with Gasteiger partial charge in [0.2, 0.25) is 0 Å². The number of methoxy groups -OCH3 is 1. The number of nitrogens with zero attached hydrogens (tertiary/aromatic N) is 1.